The summed E-state index contributed by atoms with van der Waals surface area (Å²) in [6, 6.07) is 4.50. The van der Waals surface area contributed by atoms with Crippen molar-refractivity contribution in [2.75, 3.05) is 46.2 Å². The van der Waals surface area contributed by atoms with Crippen LogP contribution in [0.4, 0.5) is 29.2 Å². The monoisotopic (exact) mass is 549 g/mol. The van der Waals surface area contributed by atoms with Gasteiger partial charge in [-0.3, -0.25) is 9.69 Å². The summed E-state index contributed by atoms with van der Waals surface area (Å²) in [6.45, 7) is 0.478. The van der Waals surface area contributed by atoms with E-state index in [4.69, 9.17) is 4.74 Å². The summed E-state index contributed by atoms with van der Waals surface area (Å²) in [4.78, 5) is 26.3. The quantitative estimate of drug-likeness (QED) is 0.276. The standard InChI is InChI=1S/C24H23F4N7O2S/c1-29-22(36)16-6-7-19(37-3)21(32-16)30-8-4-5-14-11-18-20(33-17-13-34(2)12-15(17)25)31-9-10-35(18)23(14)38-24(26,27)28/h6-7,9-11,15H,8,12-13H2,1-3H3,(H,29,36)(H,30,32)/t15-/m0/s1. The van der Waals surface area contributed by atoms with Crippen LogP contribution in [-0.2, 0) is 0 Å². The highest BCUT2D eigenvalue weighted by atomic mass is 32.2. The van der Waals surface area contributed by atoms with Gasteiger partial charge in [-0.1, -0.05) is 11.8 Å². The second-order valence-electron chi connectivity index (χ2n) is 8.17. The number of methoxy groups -OCH3 is 1. The maximum atomic E-state index is 14.3. The van der Waals surface area contributed by atoms with Crippen LogP contribution in [0.15, 0.2) is 40.6 Å². The number of pyridine rings is 1. The van der Waals surface area contributed by atoms with E-state index in [0.29, 0.717) is 12.3 Å². The second-order valence-corrected chi connectivity index (χ2v) is 9.22. The fraction of sp³-hybridized carbons (Fsp3) is 0.333. The van der Waals surface area contributed by atoms with Gasteiger partial charge in [-0.2, -0.15) is 13.2 Å². The minimum Gasteiger partial charge on any atom is -0.493 e. The van der Waals surface area contributed by atoms with E-state index >= 15 is 0 Å². The number of fused-ring (bicyclic) bond motifs is 1. The van der Waals surface area contributed by atoms with E-state index in [0.717, 1.165) is 0 Å². The SMILES string of the molecule is CNC(=O)c1ccc(OC)c(NCC#Cc2cc3c(N=C4CN(C)C[C@@H]4F)nccn3c2SC(F)(F)F)n1. The molecule has 1 aliphatic rings. The fourth-order valence-electron chi connectivity index (χ4n) is 3.77. The molecule has 1 aliphatic heterocycles. The van der Waals surface area contributed by atoms with Crippen LogP contribution >= 0.6 is 11.8 Å². The molecule has 1 amide bonds. The number of hydrogen-bond acceptors (Lipinski definition) is 8. The summed E-state index contributed by atoms with van der Waals surface area (Å²) in [7, 11) is 4.66. The Balaban J connectivity index is 1.66. The van der Waals surface area contributed by atoms with Crippen LogP contribution in [0.2, 0.25) is 0 Å². The second kappa shape index (κ2) is 11.3. The molecular formula is C24H23F4N7O2S. The van der Waals surface area contributed by atoms with Gasteiger partial charge in [-0.15, -0.1) is 0 Å². The van der Waals surface area contributed by atoms with Crippen molar-refractivity contribution in [2.45, 2.75) is 16.7 Å². The molecule has 0 spiro atoms. The molecule has 0 bridgehead atoms. The third-order valence-corrected chi connectivity index (χ3v) is 6.31. The van der Waals surface area contributed by atoms with Crippen LogP contribution in [-0.4, -0.2) is 83.4 Å². The van der Waals surface area contributed by atoms with Gasteiger partial charge in [0.25, 0.3) is 5.91 Å². The zero-order valence-corrected chi connectivity index (χ0v) is 21.4. The Morgan fingerprint density at radius 2 is 2.16 bits per heavy atom. The first-order chi connectivity index (χ1) is 18.1. The molecule has 3 aromatic heterocycles. The van der Waals surface area contributed by atoms with E-state index < -0.39 is 17.6 Å². The molecule has 0 unspecified atom stereocenters. The lowest BCUT2D eigenvalue weighted by atomic mass is 10.3. The number of carbonyl (C=O) groups excluding carboxylic acids is 1. The number of hydrogen-bond donors (Lipinski definition) is 2. The summed E-state index contributed by atoms with van der Waals surface area (Å²) in [5.74, 6) is 5.86. The van der Waals surface area contributed by atoms with Gasteiger partial charge in [0.2, 0.25) is 0 Å². The number of alkyl halides is 4. The number of rotatable bonds is 6. The Kier molecular flexibility index (Phi) is 8.08. The van der Waals surface area contributed by atoms with Crippen LogP contribution in [0.1, 0.15) is 16.1 Å². The summed E-state index contributed by atoms with van der Waals surface area (Å²) in [6.07, 6.45) is 1.41. The number of halogens is 4. The van der Waals surface area contributed by atoms with Crippen LogP contribution in [0, 0.1) is 11.8 Å². The third kappa shape index (κ3) is 6.17. The van der Waals surface area contributed by atoms with E-state index in [-0.39, 0.29) is 64.0 Å². The highest BCUT2D eigenvalue weighted by Crippen LogP contribution is 2.40. The Morgan fingerprint density at radius 1 is 1.37 bits per heavy atom. The molecule has 1 fully saturated rings. The van der Waals surface area contributed by atoms with E-state index in [1.165, 1.54) is 43.1 Å². The molecule has 0 aliphatic carbocycles. The van der Waals surface area contributed by atoms with Crippen LogP contribution < -0.4 is 15.4 Å². The smallest absolute Gasteiger partial charge is 0.447 e. The Hall–Kier alpha value is -3.83. The number of nitrogens with zero attached hydrogens (tertiary/aromatic N) is 5. The molecule has 4 heterocycles. The summed E-state index contributed by atoms with van der Waals surface area (Å²) >= 11 is -0.311. The van der Waals surface area contributed by atoms with Crippen molar-refractivity contribution in [3.63, 3.8) is 0 Å². The topological polar surface area (TPSA) is 96.1 Å². The van der Waals surface area contributed by atoms with Gasteiger partial charge in [0.15, 0.2) is 23.6 Å². The largest absolute Gasteiger partial charge is 0.493 e. The maximum absolute atomic E-state index is 14.3. The molecule has 14 heteroatoms. The molecule has 9 nitrogen and oxygen atoms in total. The number of thioether (sulfide) groups is 1. The van der Waals surface area contributed by atoms with Crippen molar-refractivity contribution < 1.29 is 27.1 Å². The number of likely N-dealkylation sites (tertiary alicyclic amines) is 1. The normalized spacial score (nSPS) is 16.9. The Labute approximate surface area is 219 Å². The van der Waals surface area contributed by atoms with Crippen molar-refractivity contribution in [3.8, 4) is 17.6 Å². The Morgan fingerprint density at radius 3 is 2.82 bits per heavy atom. The van der Waals surface area contributed by atoms with E-state index in [1.54, 1.807) is 18.0 Å². The minimum absolute atomic E-state index is 0.00779. The molecule has 0 radical (unpaired) electrons. The van der Waals surface area contributed by atoms with Gasteiger partial charge in [-0.25, -0.2) is 19.4 Å². The number of nitrogens with one attached hydrogen (secondary N) is 2. The lowest BCUT2D eigenvalue weighted by molar-refractivity contribution is -0.0329. The van der Waals surface area contributed by atoms with Crippen molar-refractivity contribution in [3.05, 3.63) is 41.9 Å². The average Bonchev–Trinajstić information content (AvgIpc) is 3.38. The van der Waals surface area contributed by atoms with Gasteiger partial charge in [0.1, 0.15) is 10.7 Å². The van der Waals surface area contributed by atoms with Gasteiger partial charge >= 0.3 is 5.51 Å². The number of aromatic nitrogens is 3. The predicted octanol–water partition coefficient (Wildman–Crippen LogP) is 3.53. The first-order valence-corrected chi connectivity index (χ1v) is 12.1. The van der Waals surface area contributed by atoms with E-state index in [2.05, 4.69) is 37.4 Å². The minimum atomic E-state index is -4.58. The van der Waals surface area contributed by atoms with Crippen LogP contribution in [0.5, 0.6) is 5.75 Å². The van der Waals surface area contributed by atoms with Crippen molar-refractivity contribution in [1.29, 1.82) is 0 Å². The van der Waals surface area contributed by atoms with Crippen LogP contribution in [0.25, 0.3) is 5.52 Å². The van der Waals surface area contributed by atoms with Crippen molar-refractivity contribution in [1.82, 2.24) is 24.6 Å². The number of aliphatic imine (C=N–C) groups is 1. The third-order valence-electron chi connectivity index (χ3n) is 5.46. The lowest BCUT2D eigenvalue weighted by Crippen LogP contribution is -2.20. The zero-order valence-electron chi connectivity index (χ0n) is 20.6. The zero-order chi connectivity index (χ0) is 27.4. The van der Waals surface area contributed by atoms with Gasteiger partial charge in [0.05, 0.1) is 30.4 Å². The van der Waals surface area contributed by atoms with Crippen molar-refractivity contribution >= 4 is 40.5 Å². The van der Waals surface area contributed by atoms with Gasteiger partial charge < -0.3 is 19.8 Å². The van der Waals surface area contributed by atoms with Crippen LogP contribution in [0.3, 0.4) is 0 Å². The first-order valence-electron chi connectivity index (χ1n) is 11.3. The summed E-state index contributed by atoms with van der Waals surface area (Å²) in [5, 5.41) is 5.22. The maximum Gasteiger partial charge on any atom is 0.447 e. The molecule has 1 atom stereocenters. The fourth-order valence-corrected chi connectivity index (χ4v) is 4.47. The lowest BCUT2D eigenvalue weighted by Gasteiger charge is -2.09. The summed E-state index contributed by atoms with van der Waals surface area (Å²) in [5.41, 5.74) is -3.79. The Bertz CT molecular complexity index is 1450. The molecule has 1 saturated heterocycles. The molecule has 0 saturated carbocycles. The molecular weight excluding hydrogens is 526 g/mol. The highest BCUT2D eigenvalue weighted by molar-refractivity contribution is 8.00. The molecule has 3 aromatic rings. The first kappa shape index (κ1) is 27.2. The number of carbonyl (C=O) groups is 1. The molecule has 200 valence electrons. The molecule has 4 rings (SSSR count). The van der Waals surface area contributed by atoms with Crippen molar-refractivity contribution in [2.24, 2.45) is 4.99 Å². The molecule has 0 aromatic carbocycles. The van der Waals surface area contributed by atoms with Gasteiger partial charge in [0, 0.05) is 44.3 Å². The number of ether oxygens (including phenoxy) is 1. The van der Waals surface area contributed by atoms with Gasteiger partial charge in [-0.05, 0) is 25.2 Å². The highest BCUT2D eigenvalue weighted by Gasteiger charge is 2.33. The molecule has 2 N–H and O–H groups in total. The van der Waals surface area contributed by atoms with E-state index in [1.807, 2.05) is 0 Å². The average molecular weight is 550 g/mol. The summed E-state index contributed by atoms with van der Waals surface area (Å²) < 4.78 is 61.1. The number of anilines is 1. The molecule has 38 heavy (non-hydrogen) atoms. The van der Waals surface area contributed by atoms with E-state index in [9.17, 15) is 22.4 Å². The predicted molar refractivity (Wildman–Crippen MR) is 136 cm³/mol. The number of amides is 1.